The number of thiol groups is 1. The Bertz CT molecular complexity index is 678. The number of hydrogen-bond donors (Lipinski definition) is 3. The van der Waals surface area contributed by atoms with Crippen LogP contribution in [0.25, 0.3) is 0 Å². The van der Waals surface area contributed by atoms with Crippen LogP contribution in [-0.2, 0) is 17.8 Å². The van der Waals surface area contributed by atoms with Crippen molar-refractivity contribution < 1.29 is 15.0 Å². The molecule has 0 aliphatic heterocycles. The van der Waals surface area contributed by atoms with E-state index < -0.39 is 18.2 Å². The van der Waals surface area contributed by atoms with E-state index in [2.05, 4.69) is 12.6 Å². The van der Waals surface area contributed by atoms with Crippen molar-refractivity contribution in [2.24, 2.45) is 0 Å². The van der Waals surface area contributed by atoms with Crippen LogP contribution in [0.15, 0.2) is 41.3 Å². The van der Waals surface area contributed by atoms with Crippen LogP contribution in [0.1, 0.15) is 11.6 Å². The highest BCUT2D eigenvalue weighted by Crippen LogP contribution is 2.20. The molecule has 0 amide bonds. The van der Waals surface area contributed by atoms with E-state index in [4.69, 9.17) is 5.11 Å². The second kappa shape index (κ2) is 6.53. The smallest absolute Gasteiger partial charge is 0.331 e. The van der Waals surface area contributed by atoms with Gasteiger partial charge < -0.3 is 10.2 Å². The number of carboxylic acids is 1. The Hall–Kier alpha value is -2.15. The molecule has 1 heterocycles. The van der Waals surface area contributed by atoms with E-state index in [1.54, 1.807) is 0 Å². The lowest BCUT2D eigenvalue weighted by Crippen LogP contribution is -2.30. The molecular formula is C14H16N2O4S. The highest BCUT2D eigenvalue weighted by atomic mass is 32.1. The van der Waals surface area contributed by atoms with Gasteiger partial charge in [0.15, 0.2) is 0 Å². The molecule has 2 rings (SSSR count). The first-order valence-corrected chi connectivity index (χ1v) is 7.03. The fourth-order valence-electron chi connectivity index (χ4n) is 2.22. The Morgan fingerprint density at radius 1 is 1.29 bits per heavy atom. The van der Waals surface area contributed by atoms with Gasteiger partial charge in [-0.25, -0.2) is 4.79 Å². The summed E-state index contributed by atoms with van der Waals surface area (Å²) in [5, 5.41) is 18.7. The van der Waals surface area contributed by atoms with E-state index in [0.717, 1.165) is 16.3 Å². The first-order valence-electron chi connectivity index (χ1n) is 6.40. The Labute approximate surface area is 126 Å². The van der Waals surface area contributed by atoms with E-state index >= 15 is 0 Å². The molecule has 0 saturated heterocycles. The van der Waals surface area contributed by atoms with Crippen molar-refractivity contribution in [1.82, 2.24) is 9.13 Å². The highest BCUT2D eigenvalue weighted by molar-refractivity contribution is 7.80. The molecule has 1 aromatic carbocycles. The van der Waals surface area contributed by atoms with E-state index in [1.165, 1.54) is 4.57 Å². The maximum absolute atomic E-state index is 12.2. The van der Waals surface area contributed by atoms with Crippen LogP contribution < -0.4 is 5.69 Å². The summed E-state index contributed by atoms with van der Waals surface area (Å²) < 4.78 is 2.15. The van der Waals surface area contributed by atoms with Crippen molar-refractivity contribution in [1.29, 1.82) is 0 Å². The Morgan fingerprint density at radius 3 is 2.52 bits per heavy atom. The zero-order valence-corrected chi connectivity index (χ0v) is 12.1. The molecule has 2 N–H and O–H groups in total. The molecule has 0 fully saturated rings. The number of aromatic nitrogens is 2. The summed E-state index contributed by atoms with van der Waals surface area (Å²) >= 11 is 4.23. The summed E-state index contributed by atoms with van der Waals surface area (Å²) in [4.78, 5) is 22.9. The minimum atomic E-state index is -1.14. The monoisotopic (exact) mass is 308 g/mol. The number of aromatic hydroxyl groups is 1. The van der Waals surface area contributed by atoms with Crippen LogP contribution in [0, 0.1) is 0 Å². The van der Waals surface area contributed by atoms with Crippen LogP contribution >= 0.6 is 12.6 Å². The summed E-state index contributed by atoms with van der Waals surface area (Å²) in [5.74, 6) is -1.05. The van der Waals surface area contributed by atoms with Crippen molar-refractivity contribution >= 4 is 18.6 Å². The van der Waals surface area contributed by atoms with E-state index in [9.17, 15) is 14.7 Å². The van der Waals surface area contributed by atoms with E-state index in [1.807, 2.05) is 30.3 Å². The van der Waals surface area contributed by atoms with Crippen LogP contribution in [0.4, 0.5) is 0 Å². The molecule has 0 radical (unpaired) electrons. The Morgan fingerprint density at radius 2 is 1.95 bits per heavy atom. The average Bonchev–Trinajstić information content (AvgIpc) is 2.72. The summed E-state index contributed by atoms with van der Waals surface area (Å²) in [6.07, 6.45) is 1.66. The third-order valence-corrected chi connectivity index (χ3v) is 3.59. The minimum absolute atomic E-state index is 0.253. The molecule has 0 aliphatic carbocycles. The van der Waals surface area contributed by atoms with E-state index in [0.29, 0.717) is 12.2 Å². The van der Waals surface area contributed by atoms with Gasteiger partial charge in [0.05, 0.1) is 12.2 Å². The highest BCUT2D eigenvalue weighted by Gasteiger charge is 2.20. The zero-order chi connectivity index (χ0) is 15.4. The van der Waals surface area contributed by atoms with Gasteiger partial charge in [-0.1, -0.05) is 30.3 Å². The summed E-state index contributed by atoms with van der Waals surface area (Å²) in [7, 11) is 0. The van der Waals surface area contributed by atoms with Gasteiger partial charge in [0.1, 0.15) is 6.54 Å². The molecule has 7 heteroatoms. The third kappa shape index (κ3) is 3.49. The van der Waals surface area contributed by atoms with Gasteiger partial charge in [0, 0.05) is 5.75 Å². The van der Waals surface area contributed by atoms with Crippen LogP contribution in [0.5, 0.6) is 5.88 Å². The molecule has 21 heavy (non-hydrogen) atoms. The first-order chi connectivity index (χ1) is 10.0. The van der Waals surface area contributed by atoms with Gasteiger partial charge in [-0.2, -0.15) is 12.6 Å². The van der Waals surface area contributed by atoms with Gasteiger partial charge in [-0.3, -0.25) is 13.9 Å². The molecule has 2 aromatic rings. The van der Waals surface area contributed by atoms with Crippen LogP contribution in [-0.4, -0.2) is 31.1 Å². The molecule has 1 atom stereocenters. The average molecular weight is 308 g/mol. The molecule has 0 spiro atoms. The van der Waals surface area contributed by atoms with Gasteiger partial charge in [-0.15, -0.1) is 0 Å². The van der Waals surface area contributed by atoms with Crippen molar-refractivity contribution in [3.05, 3.63) is 52.6 Å². The molecule has 0 bridgehead atoms. The topological polar surface area (TPSA) is 84.5 Å². The lowest BCUT2D eigenvalue weighted by atomic mass is 10.1. The fourth-order valence-corrected chi connectivity index (χ4v) is 2.51. The Kier molecular flexibility index (Phi) is 4.74. The number of aliphatic carboxylic acids is 1. The van der Waals surface area contributed by atoms with Crippen LogP contribution in [0.2, 0.25) is 0 Å². The maximum atomic E-state index is 12.2. The number of nitrogens with zero attached hydrogens (tertiary/aromatic N) is 2. The Balaban J connectivity index is 2.32. The number of carbonyl (C=O) groups is 1. The predicted octanol–water partition coefficient (Wildman–Crippen LogP) is 1.15. The maximum Gasteiger partial charge on any atom is 0.331 e. The number of hydrogen-bond acceptors (Lipinski definition) is 4. The summed E-state index contributed by atoms with van der Waals surface area (Å²) in [6.45, 7) is -0.482. The molecule has 1 unspecified atom stereocenters. The quantitative estimate of drug-likeness (QED) is 0.699. The van der Waals surface area contributed by atoms with Gasteiger partial charge in [-0.05, 0) is 12.0 Å². The van der Waals surface area contributed by atoms with Crippen molar-refractivity contribution in [2.75, 3.05) is 5.75 Å². The van der Waals surface area contributed by atoms with Crippen LogP contribution in [0.3, 0.4) is 0 Å². The molecule has 0 aliphatic rings. The second-order valence-electron chi connectivity index (χ2n) is 4.69. The lowest BCUT2D eigenvalue weighted by molar-refractivity contribution is -0.137. The number of carboxylic acid groups (broad SMARTS) is 1. The zero-order valence-electron chi connectivity index (χ0n) is 11.2. The largest absolute Gasteiger partial charge is 0.493 e. The second-order valence-corrected chi connectivity index (χ2v) is 5.05. The first kappa shape index (κ1) is 15.2. The molecule has 6 nitrogen and oxygen atoms in total. The molecular weight excluding hydrogens is 292 g/mol. The van der Waals surface area contributed by atoms with Crippen molar-refractivity contribution in [3.8, 4) is 5.88 Å². The fraction of sp³-hybridized carbons (Fsp3) is 0.286. The van der Waals surface area contributed by atoms with Gasteiger partial charge in [0.25, 0.3) is 0 Å². The van der Waals surface area contributed by atoms with Crippen molar-refractivity contribution in [2.45, 2.75) is 19.0 Å². The molecule has 112 valence electrons. The number of imidazole rings is 1. The number of benzene rings is 1. The minimum Gasteiger partial charge on any atom is -0.493 e. The lowest BCUT2D eigenvalue weighted by Gasteiger charge is -2.16. The number of rotatable bonds is 6. The molecule has 0 saturated carbocycles. The molecule has 1 aromatic heterocycles. The summed E-state index contributed by atoms with van der Waals surface area (Å²) in [6, 6.07) is 9.18. The normalized spacial score (nSPS) is 12.2. The van der Waals surface area contributed by atoms with Gasteiger partial charge in [0.2, 0.25) is 5.88 Å². The predicted molar refractivity (Wildman–Crippen MR) is 81.0 cm³/mol. The summed E-state index contributed by atoms with van der Waals surface area (Å²) in [5.41, 5.74) is 0.457. The SMILES string of the molecule is O=C(O)Cn1cc(O)n(C(CS)Cc2ccccc2)c1=O. The van der Waals surface area contributed by atoms with Gasteiger partial charge >= 0.3 is 11.7 Å². The van der Waals surface area contributed by atoms with Crippen molar-refractivity contribution in [3.63, 3.8) is 0 Å². The standard InChI is InChI=1S/C14H16N2O4S/c17-12-7-15(8-13(18)19)14(20)16(12)11(9-21)6-10-4-2-1-3-5-10/h1-5,7,11,17,21H,6,8-9H2,(H,18,19). The van der Waals surface area contributed by atoms with E-state index in [-0.39, 0.29) is 11.9 Å². The third-order valence-electron chi connectivity index (χ3n) is 3.17.